The molecule has 28 heavy (non-hydrogen) atoms. The molecule has 0 N–H and O–H groups in total. The van der Waals surface area contributed by atoms with Gasteiger partial charge in [-0.05, 0) is 43.4 Å². The maximum atomic E-state index is 13.4. The highest BCUT2D eigenvalue weighted by Gasteiger charge is 2.11. The maximum absolute atomic E-state index is 13.4. The van der Waals surface area contributed by atoms with Gasteiger partial charge in [0.1, 0.15) is 23.3 Å². The van der Waals surface area contributed by atoms with Gasteiger partial charge in [-0.25, -0.2) is 17.6 Å². The third-order valence-corrected chi connectivity index (χ3v) is 5.54. The summed E-state index contributed by atoms with van der Waals surface area (Å²) in [6.07, 6.45) is 0.791. The van der Waals surface area contributed by atoms with Crippen molar-refractivity contribution in [1.82, 2.24) is 0 Å². The standard InChI is InChI=1S/C12H13BrF2O2S.C6H3BrF2S/c1-2-17-11(16)4-3-5-18-12-9(14)6-8(13)7-10(12)15;7-3-1-4(8)6(10)5(9)2-3/h6-7H,2-5H2,1H3;1-2,10H. The van der Waals surface area contributed by atoms with Gasteiger partial charge in [-0.1, -0.05) is 31.9 Å². The van der Waals surface area contributed by atoms with Crippen LogP contribution in [0.15, 0.2) is 43.0 Å². The van der Waals surface area contributed by atoms with E-state index >= 15 is 0 Å². The van der Waals surface area contributed by atoms with E-state index in [-0.39, 0.29) is 22.2 Å². The molecule has 0 fully saturated rings. The summed E-state index contributed by atoms with van der Waals surface area (Å²) in [6.45, 7) is 2.08. The molecule has 0 unspecified atom stereocenters. The highest BCUT2D eigenvalue weighted by Crippen LogP contribution is 2.29. The third-order valence-electron chi connectivity index (χ3n) is 3.02. The number of esters is 1. The first-order valence-corrected chi connectivity index (χ1v) is 10.9. The monoisotopic (exact) mass is 562 g/mol. The molecule has 2 nitrogen and oxygen atoms in total. The van der Waals surface area contributed by atoms with E-state index in [0.717, 1.165) is 23.9 Å². The van der Waals surface area contributed by atoms with E-state index in [1.54, 1.807) is 6.92 Å². The maximum Gasteiger partial charge on any atom is 0.305 e. The molecule has 0 radical (unpaired) electrons. The van der Waals surface area contributed by atoms with Crippen LogP contribution >= 0.6 is 56.3 Å². The molecule has 0 atom stereocenters. The second-order valence-electron chi connectivity index (χ2n) is 5.17. The minimum Gasteiger partial charge on any atom is -0.466 e. The van der Waals surface area contributed by atoms with Crippen LogP contribution in [-0.2, 0) is 9.53 Å². The number of hydrogen-bond donors (Lipinski definition) is 1. The summed E-state index contributed by atoms with van der Waals surface area (Å²) in [5.74, 6) is -2.32. The van der Waals surface area contributed by atoms with Crippen LogP contribution in [0.2, 0.25) is 0 Å². The lowest BCUT2D eigenvalue weighted by Crippen LogP contribution is -2.03. The summed E-state index contributed by atoms with van der Waals surface area (Å²) < 4.78 is 57.4. The number of rotatable bonds is 6. The molecule has 0 spiro atoms. The third kappa shape index (κ3) is 8.75. The molecule has 2 aromatic carbocycles. The van der Waals surface area contributed by atoms with Crippen LogP contribution in [0.1, 0.15) is 19.8 Å². The number of halogens is 6. The lowest BCUT2D eigenvalue weighted by molar-refractivity contribution is -0.143. The minimum absolute atomic E-state index is 0.0120. The highest BCUT2D eigenvalue weighted by atomic mass is 79.9. The molecule has 0 aliphatic carbocycles. The van der Waals surface area contributed by atoms with Crippen LogP contribution in [0.5, 0.6) is 0 Å². The lowest BCUT2D eigenvalue weighted by atomic mass is 10.3. The Morgan fingerprint density at radius 2 is 1.46 bits per heavy atom. The number of carbonyl (C=O) groups excluding carboxylic acids is 1. The molecular formula is C18H16Br2F4O2S2. The van der Waals surface area contributed by atoms with E-state index < -0.39 is 23.3 Å². The fourth-order valence-electron chi connectivity index (χ4n) is 1.83. The van der Waals surface area contributed by atoms with E-state index in [1.165, 1.54) is 12.1 Å². The molecule has 154 valence electrons. The SMILES string of the molecule is CCOC(=O)CCCSc1c(F)cc(Br)cc1F.Fc1cc(Br)cc(F)c1S. The first-order valence-electron chi connectivity index (χ1n) is 7.92. The van der Waals surface area contributed by atoms with Gasteiger partial charge in [0.25, 0.3) is 0 Å². The summed E-state index contributed by atoms with van der Waals surface area (Å²) in [7, 11) is 0. The van der Waals surface area contributed by atoms with Crippen molar-refractivity contribution in [2.24, 2.45) is 0 Å². The lowest BCUT2D eigenvalue weighted by Gasteiger charge is -2.05. The molecule has 0 aliphatic heterocycles. The number of hydrogen-bond acceptors (Lipinski definition) is 4. The molecule has 0 heterocycles. The van der Waals surface area contributed by atoms with Crippen LogP contribution < -0.4 is 0 Å². The van der Waals surface area contributed by atoms with Crippen molar-refractivity contribution in [2.75, 3.05) is 12.4 Å². The first kappa shape index (κ1) is 25.3. The summed E-state index contributed by atoms with van der Waals surface area (Å²) >= 11 is 10.6. The van der Waals surface area contributed by atoms with Gasteiger partial charge >= 0.3 is 5.97 Å². The Morgan fingerprint density at radius 3 is 1.93 bits per heavy atom. The number of benzene rings is 2. The molecule has 0 saturated heterocycles. The molecule has 0 amide bonds. The number of thiol groups is 1. The highest BCUT2D eigenvalue weighted by molar-refractivity contribution is 9.10. The van der Waals surface area contributed by atoms with Crippen molar-refractivity contribution < 1.29 is 27.1 Å². The Bertz CT molecular complexity index is 776. The van der Waals surface area contributed by atoms with Crippen molar-refractivity contribution in [2.45, 2.75) is 29.6 Å². The van der Waals surface area contributed by atoms with Gasteiger partial charge in [0, 0.05) is 15.4 Å². The molecule has 2 rings (SSSR count). The van der Waals surface area contributed by atoms with Crippen LogP contribution in [0.3, 0.4) is 0 Å². The van der Waals surface area contributed by atoms with Gasteiger partial charge in [0.05, 0.1) is 16.4 Å². The molecule has 0 aliphatic rings. The summed E-state index contributed by atoms with van der Waals surface area (Å²) in [5.41, 5.74) is 0. The number of carbonyl (C=O) groups is 1. The Morgan fingerprint density at radius 1 is 1.00 bits per heavy atom. The Hall–Kier alpha value is -0.710. The van der Waals surface area contributed by atoms with Gasteiger partial charge in [-0.2, -0.15) is 0 Å². The topological polar surface area (TPSA) is 26.3 Å². The Balaban J connectivity index is 0.000000330. The predicted octanol–water partition coefficient (Wildman–Crippen LogP) is 7.18. The minimum atomic E-state index is -0.657. The zero-order chi connectivity index (χ0) is 21.3. The van der Waals surface area contributed by atoms with Crippen molar-refractivity contribution in [1.29, 1.82) is 0 Å². The van der Waals surface area contributed by atoms with E-state index in [2.05, 4.69) is 44.5 Å². The Kier molecular flexibility index (Phi) is 11.5. The van der Waals surface area contributed by atoms with Gasteiger partial charge in [-0.15, -0.1) is 24.4 Å². The second kappa shape index (κ2) is 12.8. The summed E-state index contributed by atoms with van der Waals surface area (Å²) in [5, 5.41) is 0. The summed E-state index contributed by atoms with van der Waals surface area (Å²) in [4.78, 5) is 10.8. The Labute approximate surface area is 187 Å². The van der Waals surface area contributed by atoms with Crippen LogP contribution in [0.4, 0.5) is 17.6 Å². The van der Waals surface area contributed by atoms with Crippen molar-refractivity contribution >= 4 is 62.2 Å². The van der Waals surface area contributed by atoms with Crippen LogP contribution in [0, 0.1) is 23.3 Å². The van der Waals surface area contributed by atoms with Crippen molar-refractivity contribution in [3.8, 4) is 0 Å². The quantitative estimate of drug-likeness (QED) is 0.133. The molecule has 0 bridgehead atoms. The smallest absolute Gasteiger partial charge is 0.305 e. The molecular weight excluding hydrogens is 548 g/mol. The fraction of sp³-hybridized carbons (Fsp3) is 0.278. The van der Waals surface area contributed by atoms with E-state index in [4.69, 9.17) is 4.74 Å². The van der Waals surface area contributed by atoms with Gasteiger partial charge < -0.3 is 4.74 Å². The normalized spacial score (nSPS) is 10.3. The average Bonchev–Trinajstić information content (AvgIpc) is 2.59. The zero-order valence-electron chi connectivity index (χ0n) is 14.6. The van der Waals surface area contributed by atoms with Crippen LogP contribution in [0.25, 0.3) is 0 Å². The van der Waals surface area contributed by atoms with Crippen molar-refractivity contribution in [3.05, 3.63) is 56.5 Å². The van der Waals surface area contributed by atoms with Crippen molar-refractivity contribution in [3.63, 3.8) is 0 Å². The van der Waals surface area contributed by atoms with E-state index in [9.17, 15) is 22.4 Å². The molecule has 0 aromatic heterocycles. The largest absolute Gasteiger partial charge is 0.466 e. The second-order valence-corrected chi connectivity index (χ2v) is 8.56. The van der Waals surface area contributed by atoms with E-state index in [1.807, 2.05) is 0 Å². The van der Waals surface area contributed by atoms with Gasteiger partial charge in [0.15, 0.2) is 0 Å². The van der Waals surface area contributed by atoms with Crippen LogP contribution in [-0.4, -0.2) is 18.3 Å². The number of thioether (sulfide) groups is 1. The fourth-order valence-corrected chi connectivity index (χ4v) is 3.64. The predicted molar refractivity (Wildman–Crippen MR) is 112 cm³/mol. The van der Waals surface area contributed by atoms with Gasteiger partial charge in [-0.3, -0.25) is 4.79 Å². The van der Waals surface area contributed by atoms with E-state index in [0.29, 0.717) is 27.7 Å². The van der Waals surface area contributed by atoms with Gasteiger partial charge in [0.2, 0.25) is 0 Å². The molecule has 2 aromatic rings. The zero-order valence-corrected chi connectivity index (χ0v) is 19.5. The molecule has 10 heteroatoms. The summed E-state index contributed by atoms with van der Waals surface area (Å²) in [6, 6.07) is 4.75. The average molecular weight is 564 g/mol. The molecule has 0 saturated carbocycles. The number of ether oxygens (including phenoxy) is 1. The first-order chi connectivity index (χ1) is 13.1.